The molecule has 0 unspecified atom stereocenters. The molecule has 2 saturated heterocycles. The predicted octanol–water partition coefficient (Wildman–Crippen LogP) is 3.16. The maximum Gasteiger partial charge on any atom is 0.125 e. The van der Waals surface area contributed by atoms with Crippen LogP contribution in [0.5, 0.6) is 0 Å². The van der Waals surface area contributed by atoms with E-state index in [1.807, 2.05) is 18.5 Å². The van der Waals surface area contributed by atoms with Crippen LogP contribution in [0, 0.1) is 11.8 Å². The molecular formula is C28H35N3O2. The Balaban J connectivity index is 1.31. The Kier molecular flexibility index (Phi) is 6.80. The summed E-state index contributed by atoms with van der Waals surface area (Å²) < 4.78 is 0. The van der Waals surface area contributed by atoms with Crippen LogP contribution in [0.2, 0.25) is 0 Å². The maximum absolute atomic E-state index is 10.5. The summed E-state index contributed by atoms with van der Waals surface area (Å²) in [7, 11) is 0. The van der Waals surface area contributed by atoms with E-state index >= 15 is 0 Å². The molecular weight excluding hydrogens is 410 g/mol. The molecule has 0 spiro atoms. The molecule has 5 rings (SSSR count). The molecule has 0 amide bonds. The Hall–Kier alpha value is -2.23. The number of nitrogens with zero attached hydrogens (tertiary/aromatic N) is 3. The van der Waals surface area contributed by atoms with Gasteiger partial charge in [0.1, 0.15) is 5.60 Å². The first-order valence-electron chi connectivity index (χ1n) is 12.5. The summed E-state index contributed by atoms with van der Waals surface area (Å²) in [5.41, 5.74) is 2.69. The van der Waals surface area contributed by atoms with E-state index in [1.165, 1.54) is 24.0 Å². The lowest BCUT2D eigenvalue weighted by atomic mass is 9.74. The van der Waals surface area contributed by atoms with Crippen LogP contribution < -0.4 is 0 Å². The normalized spacial score (nSPS) is 27.5. The van der Waals surface area contributed by atoms with E-state index in [0.717, 1.165) is 57.4 Å². The van der Waals surface area contributed by atoms with E-state index in [2.05, 4.69) is 57.0 Å². The fourth-order valence-corrected chi connectivity index (χ4v) is 5.97. The average molecular weight is 446 g/mol. The number of rotatable bonds is 4. The van der Waals surface area contributed by atoms with E-state index in [4.69, 9.17) is 0 Å². The van der Waals surface area contributed by atoms with Gasteiger partial charge in [0.05, 0.1) is 6.61 Å². The highest BCUT2D eigenvalue weighted by Gasteiger charge is 2.49. The van der Waals surface area contributed by atoms with Gasteiger partial charge in [-0.3, -0.25) is 14.8 Å². The van der Waals surface area contributed by atoms with Crippen LogP contribution in [0.3, 0.4) is 0 Å². The topological polar surface area (TPSA) is 59.8 Å². The summed E-state index contributed by atoms with van der Waals surface area (Å²) >= 11 is 0. The maximum atomic E-state index is 10.5. The molecule has 2 N–H and O–H groups in total. The van der Waals surface area contributed by atoms with Crippen molar-refractivity contribution in [3.63, 3.8) is 0 Å². The molecule has 3 aliphatic rings. The third-order valence-corrected chi connectivity index (χ3v) is 7.75. The van der Waals surface area contributed by atoms with Gasteiger partial charge in [0.25, 0.3) is 0 Å². The zero-order valence-corrected chi connectivity index (χ0v) is 19.4. The minimum absolute atomic E-state index is 0.185. The second-order valence-corrected chi connectivity index (χ2v) is 10.00. The minimum Gasteiger partial charge on any atom is -0.395 e. The molecule has 2 aliphatic heterocycles. The first-order valence-corrected chi connectivity index (χ1v) is 12.5. The first kappa shape index (κ1) is 22.6. The lowest BCUT2D eigenvalue weighted by Crippen LogP contribution is -2.67. The molecule has 1 saturated carbocycles. The number of pyridine rings is 1. The van der Waals surface area contributed by atoms with Gasteiger partial charge in [-0.2, -0.15) is 0 Å². The Bertz CT molecular complexity index is 976. The van der Waals surface area contributed by atoms with Crippen molar-refractivity contribution in [1.82, 2.24) is 14.8 Å². The monoisotopic (exact) mass is 445 g/mol. The molecule has 174 valence electrons. The summed E-state index contributed by atoms with van der Waals surface area (Å²) in [5, 5.41) is 20.7. The van der Waals surface area contributed by atoms with Crippen molar-refractivity contribution in [3.8, 4) is 11.8 Å². The molecule has 5 heteroatoms. The van der Waals surface area contributed by atoms with Crippen LogP contribution in [-0.2, 0) is 6.54 Å². The minimum atomic E-state index is -0.800. The van der Waals surface area contributed by atoms with Gasteiger partial charge in [-0.1, -0.05) is 30.0 Å². The van der Waals surface area contributed by atoms with Gasteiger partial charge < -0.3 is 10.2 Å². The van der Waals surface area contributed by atoms with E-state index in [1.54, 1.807) is 0 Å². The highest BCUT2D eigenvalue weighted by molar-refractivity contribution is 5.40. The van der Waals surface area contributed by atoms with Crippen molar-refractivity contribution in [2.24, 2.45) is 0 Å². The van der Waals surface area contributed by atoms with E-state index < -0.39 is 5.60 Å². The van der Waals surface area contributed by atoms with Crippen LogP contribution in [-0.4, -0.2) is 68.9 Å². The number of hydrogen-bond donors (Lipinski definition) is 2. The molecule has 2 aromatic rings. The number of aromatic nitrogens is 1. The van der Waals surface area contributed by atoms with Crippen molar-refractivity contribution in [3.05, 3.63) is 65.5 Å². The second-order valence-electron chi connectivity index (χ2n) is 10.00. The quantitative estimate of drug-likeness (QED) is 0.708. The van der Waals surface area contributed by atoms with Crippen LogP contribution in [0.15, 0.2) is 48.8 Å². The summed E-state index contributed by atoms with van der Waals surface area (Å²) in [6, 6.07) is 13.3. The van der Waals surface area contributed by atoms with Crippen molar-refractivity contribution in [1.29, 1.82) is 0 Å². The number of aliphatic hydroxyl groups is 2. The Labute approximate surface area is 197 Å². The Morgan fingerprint density at radius 3 is 2.55 bits per heavy atom. The molecule has 0 bridgehead atoms. The predicted molar refractivity (Wildman–Crippen MR) is 130 cm³/mol. The second kappa shape index (κ2) is 9.95. The third-order valence-electron chi connectivity index (χ3n) is 7.75. The van der Waals surface area contributed by atoms with Gasteiger partial charge in [-0.25, -0.2) is 0 Å². The van der Waals surface area contributed by atoms with Crippen molar-refractivity contribution in [2.75, 3.05) is 26.2 Å². The lowest BCUT2D eigenvalue weighted by Gasteiger charge is -2.57. The van der Waals surface area contributed by atoms with E-state index in [9.17, 15) is 10.2 Å². The molecule has 0 radical (unpaired) electrons. The van der Waals surface area contributed by atoms with Crippen LogP contribution >= 0.6 is 0 Å². The summed E-state index contributed by atoms with van der Waals surface area (Å²) in [6.45, 7) is 4.29. The summed E-state index contributed by atoms with van der Waals surface area (Å²) in [6.07, 6.45) is 9.83. The van der Waals surface area contributed by atoms with Gasteiger partial charge >= 0.3 is 0 Å². The zero-order valence-electron chi connectivity index (χ0n) is 19.4. The largest absolute Gasteiger partial charge is 0.395 e. The van der Waals surface area contributed by atoms with Crippen LogP contribution in [0.25, 0.3) is 0 Å². The standard InChI is InChI=1S/C28H35N3O2/c32-21-26-27(24-9-7-22(8-10-24)11-14-28(33)12-1-2-13-28)25-20-30(16-3-4-17-31(25)26)19-23-6-5-15-29-18-23/h5-10,15,18,25-27,32-33H,1-4,12-13,16-17,19-21H2/t25-,26-,27-/m0/s1. The molecule has 33 heavy (non-hydrogen) atoms. The number of hydrogen-bond acceptors (Lipinski definition) is 5. The number of benzene rings is 1. The molecule has 3 fully saturated rings. The van der Waals surface area contributed by atoms with Gasteiger partial charge in [-0.05, 0) is 80.9 Å². The average Bonchev–Trinajstić information content (AvgIpc) is 3.26. The van der Waals surface area contributed by atoms with E-state index in [-0.39, 0.29) is 12.6 Å². The summed E-state index contributed by atoms with van der Waals surface area (Å²) in [4.78, 5) is 9.35. The SMILES string of the molecule is OC[C@H]1[C@@H](c2ccc(C#CC3(O)CCCC3)cc2)[C@@H]2CN(Cc3cccnc3)CCCCN12. The molecule has 1 aromatic heterocycles. The van der Waals surface area contributed by atoms with Crippen molar-refractivity contribution < 1.29 is 10.2 Å². The summed E-state index contributed by atoms with van der Waals surface area (Å²) in [5.74, 6) is 6.62. The Morgan fingerprint density at radius 1 is 1.03 bits per heavy atom. The molecule has 1 aromatic carbocycles. The van der Waals surface area contributed by atoms with E-state index in [0.29, 0.717) is 12.0 Å². The van der Waals surface area contributed by atoms with Gasteiger partial charge in [-0.15, -0.1) is 0 Å². The molecule has 1 aliphatic carbocycles. The fraction of sp³-hybridized carbons (Fsp3) is 0.536. The smallest absolute Gasteiger partial charge is 0.125 e. The van der Waals surface area contributed by atoms with Crippen LogP contribution in [0.1, 0.15) is 61.1 Å². The van der Waals surface area contributed by atoms with Gasteiger partial charge in [0, 0.05) is 49.0 Å². The molecule has 3 heterocycles. The highest BCUT2D eigenvalue weighted by atomic mass is 16.3. The van der Waals surface area contributed by atoms with Crippen molar-refractivity contribution >= 4 is 0 Å². The highest BCUT2D eigenvalue weighted by Crippen LogP contribution is 2.42. The third kappa shape index (κ3) is 5.00. The van der Waals surface area contributed by atoms with Gasteiger partial charge in [0.15, 0.2) is 0 Å². The number of fused-ring (bicyclic) bond motifs is 1. The molecule has 3 atom stereocenters. The zero-order chi connectivity index (χ0) is 22.7. The molecule has 5 nitrogen and oxygen atoms in total. The van der Waals surface area contributed by atoms with Crippen molar-refractivity contribution in [2.45, 2.75) is 68.7 Å². The van der Waals surface area contributed by atoms with Gasteiger partial charge in [0.2, 0.25) is 0 Å². The lowest BCUT2D eigenvalue weighted by molar-refractivity contribution is -0.0655. The number of aliphatic hydroxyl groups excluding tert-OH is 1. The fourth-order valence-electron chi connectivity index (χ4n) is 5.97. The first-order chi connectivity index (χ1) is 16.1. The Morgan fingerprint density at radius 2 is 1.82 bits per heavy atom. The van der Waals surface area contributed by atoms with Crippen LogP contribution in [0.4, 0.5) is 0 Å².